The zero-order chi connectivity index (χ0) is 27.6. The number of hydrogen-bond donors (Lipinski definition) is 1. The highest BCUT2D eigenvalue weighted by molar-refractivity contribution is 7.18. The van der Waals surface area contributed by atoms with Gasteiger partial charge in [-0.1, -0.05) is 0 Å². The minimum atomic E-state index is -1.19. The van der Waals surface area contributed by atoms with Gasteiger partial charge >= 0.3 is 5.97 Å². The fourth-order valence-corrected chi connectivity index (χ4v) is 5.41. The first kappa shape index (κ1) is 28.4. The maximum atomic E-state index is 14.0. The van der Waals surface area contributed by atoms with Crippen molar-refractivity contribution in [2.75, 3.05) is 38.9 Å². The number of benzene rings is 1. The number of ether oxygens (including phenoxy) is 2. The minimum absolute atomic E-state index is 0.0123. The number of β-amino-alcohol motifs (C(OH)–C–C–N with tert-alkyl or cyclic N) is 1. The summed E-state index contributed by atoms with van der Waals surface area (Å²) in [5, 5.41) is 11.6. The van der Waals surface area contributed by atoms with Crippen LogP contribution in [-0.4, -0.2) is 78.8 Å². The maximum absolute atomic E-state index is 14.0. The van der Waals surface area contributed by atoms with E-state index in [1.807, 2.05) is 13.8 Å². The second kappa shape index (κ2) is 11.5. The van der Waals surface area contributed by atoms with Crippen molar-refractivity contribution in [3.05, 3.63) is 45.6 Å². The number of amides is 2. The Hall–Kier alpha value is -3.18. The van der Waals surface area contributed by atoms with E-state index in [1.54, 1.807) is 37.6 Å². The Morgan fingerprint density at radius 2 is 1.95 bits per heavy atom. The Bertz CT molecular complexity index is 1180. The highest BCUT2D eigenvalue weighted by Gasteiger charge is 2.40. The van der Waals surface area contributed by atoms with Crippen LogP contribution >= 0.6 is 11.3 Å². The summed E-state index contributed by atoms with van der Waals surface area (Å²) in [5.74, 6) is -1.38. The summed E-state index contributed by atoms with van der Waals surface area (Å²) in [6.07, 6.45) is -1.19. The second-order valence-corrected chi connectivity index (χ2v) is 10.2. The average Bonchev–Trinajstić information content (AvgIpc) is 3.22. The second-order valence-electron chi connectivity index (χ2n) is 9.22. The van der Waals surface area contributed by atoms with Crippen molar-refractivity contribution in [1.29, 1.82) is 0 Å². The van der Waals surface area contributed by atoms with E-state index in [1.165, 1.54) is 30.2 Å². The van der Waals surface area contributed by atoms with Gasteiger partial charge in [-0.3, -0.25) is 9.59 Å². The zero-order valence-corrected chi connectivity index (χ0v) is 23.0. The lowest BCUT2D eigenvalue weighted by atomic mass is 10.0. The number of likely N-dealkylation sites (N-methyl/N-ethyl adjacent to an activating group) is 1. The molecule has 11 heteroatoms. The van der Waals surface area contributed by atoms with E-state index in [-0.39, 0.29) is 53.7 Å². The Morgan fingerprint density at radius 1 is 1.27 bits per heavy atom. The number of aliphatic hydroxyl groups excluding tert-OH is 1. The van der Waals surface area contributed by atoms with Gasteiger partial charge in [0.2, 0.25) is 5.91 Å². The van der Waals surface area contributed by atoms with E-state index >= 15 is 0 Å². The van der Waals surface area contributed by atoms with Crippen LogP contribution in [0.25, 0.3) is 0 Å². The molecule has 202 valence electrons. The van der Waals surface area contributed by atoms with Crippen LogP contribution in [0.4, 0.5) is 9.39 Å². The number of anilines is 1. The van der Waals surface area contributed by atoms with E-state index in [4.69, 9.17) is 9.47 Å². The van der Waals surface area contributed by atoms with Crippen molar-refractivity contribution >= 4 is 34.1 Å². The van der Waals surface area contributed by atoms with Gasteiger partial charge < -0.3 is 29.3 Å². The third-order valence-corrected chi connectivity index (χ3v) is 7.90. The van der Waals surface area contributed by atoms with Crippen LogP contribution in [-0.2, 0) is 9.53 Å². The Morgan fingerprint density at radius 3 is 2.54 bits per heavy atom. The normalized spacial score (nSPS) is 14.9. The number of methoxy groups -OCH3 is 1. The first-order valence-electron chi connectivity index (χ1n) is 12.1. The van der Waals surface area contributed by atoms with Crippen molar-refractivity contribution in [3.63, 3.8) is 0 Å². The third kappa shape index (κ3) is 5.57. The first-order valence-corrected chi connectivity index (χ1v) is 12.9. The standard InChI is InChI=1S/C26H34FN3O6S/c1-8-36-26(34)22-15(4)21-24(33)30(16(5)23(32)28(6)14(2)3)13-29(25(21)37-22)12-19(31)18-11-17(27)9-10-20(18)35-7/h9-11,14,16,19,31H,8,12-13H2,1-7H3. The molecule has 1 N–H and O–H groups in total. The van der Waals surface area contributed by atoms with Gasteiger partial charge in [-0.15, -0.1) is 11.3 Å². The minimum Gasteiger partial charge on any atom is -0.496 e. The van der Waals surface area contributed by atoms with Gasteiger partial charge in [0, 0.05) is 18.7 Å². The maximum Gasteiger partial charge on any atom is 0.348 e. The van der Waals surface area contributed by atoms with Crippen molar-refractivity contribution < 1.29 is 33.4 Å². The molecule has 0 fully saturated rings. The van der Waals surface area contributed by atoms with Gasteiger partial charge in [0.15, 0.2) is 0 Å². The predicted molar refractivity (Wildman–Crippen MR) is 139 cm³/mol. The predicted octanol–water partition coefficient (Wildman–Crippen LogP) is 3.59. The molecule has 2 atom stereocenters. The molecule has 37 heavy (non-hydrogen) atoms. The lowest BCUT2D eigenvalue weighted by Gasteiger charge is -2.41. The summed E-state index contributed by atoms with van der Waals surface area (Å²) in [6, 6.07) is 3.00. The molecular weight excluding hydrogens is 501 g/mol. The smallest absolute Gasteiger partial charge is 0.348 e. The van der Waals surface area contributed by atoms with Crippen LogP contribution in [0.2, 0.25) is 0 Å². The number of esters is 1. The Kier molecular flexibility index (Phi) is 8.80. The van der Waals surface area contributed by atoms with Gasteiger partial charge in [0.1, 0.15) is 33.6 Å². The number of carbonyl (C=O) groups excluding carboxylic acids is 3. The van der Waals surface area contributed by atoms with Crippen LogP contribution in [0.1, 0.15) is 65.0 Å². The molecule has 0 radical (unpaired) electrons. The zero-order valence-electron chi connectivity index (χ0n) is 22.2. The van der Waals surface area contributed by atoms with Crippen LogP contribution < -0.4 is 9.64 Å². The molecule has 0 saturated heterocycles. The van der Waals surface area contributed by atoms with Gasteiger partial charge in [-0.25, -0.2) is 9.18 Å². The molecule has 0 spiro atoms. The first-order chi connectivity index (χ1) is 17.4. The van der Waals surface area contributed by atoms with Crippen molar-refractivity contribution in [1.82, 2.24) is 9.80 Å². The highest BCUT2D eigenvalue weighted by atomic mass is 32.1. The molecule has 2 aromatic rings. The van der Waals surface area contributed by atoms with Crippen LogP contribution in [0, 0.1) is 12.7 Å². The fourth-order valence-electron chi connectivity index (χ4n) is 4.21. The lowest BCUT2D eigenvalue weighted by Crippen LogP contribution is -2.56. The SMILES string of the molecule is CCOC(=O)c1sc2c(c1C)C(=O)N(C(C)C(=O)N(C)C(C)C)CN2CC(O)c1cc(F)ccc1OC. The molecule has 0 saturated carbocycles. The molecule has 2 heterocycles. The van der Waals surface area contributed by atoms with Gasteiger partial charge in [-0.2, -0.15) is 0 Å². The van der Waals surface area contributed by atoms with Crippen molar-refractivity contribution in [2.45, 2.75) is 52.8 Å². The van der Waals surface area contributed by atoms with Crippen molar-refractivity contribution in [2.24, 2.45) is 0 Å². The lowest BCUT2D eigenvalue weighted by molar-refractivity contribution is -0.135. The number of aliphatic hydroxyl groups is 1. The summed E-state index contributed by atoms with van der Waals surface area (Å²) in [6.45, 7) is 8.90. The summed E-state index contributed by atoms with van der Waals surface area (Å²) in [5.41, 5.74) is 0.979. The quantitative estimate of drug-likeness (QED) is 0.490. The fraction of sp³-hybridized carbons (Fsp3) is 0.500. The molecular formula is C26H34FN3O6S. The number of fused-ring (bicyclic) bond motifs is 1. The van der Waals surface area contributed by atoms with E-state index in [0.717, 1.165) is 11.3 Å². The van der Waals surface area contributed by atoms with E-state index < -0.39 is 23.9 Å². The number of thiophene rings is 1. The number of carbonyl (C=O) groups is 3. The number of hydrogen-bond acceptors (Lipinski definition) is 8. The molecule has 1 aliphatic heterocycles. The average molecular weight is 536 g/mol. The van der Waals surface area contributed by atoms with Crippen LogP contribution in [0.5, 0.6) is 5.75 Å². The van der Waals surface area contributed by atoms with E-state index in [0.29, 0.717) is 16.3 Å². The number of rotatable bonds is 9. The Labute approximate surface area is 220 Å². The number of halogens is 1. The Balaban J connectivity index is 2.06. The largest absolute Gasteiger partial charge is 0.496 e. The molecule has 0 bridgehead atoms. The highest BCUT2D eigenvalue weighted by Crippen LogP contribution is 2.41. The summed E-state index contributed by atoms with van der Waals surface area (Å²) in [4.78, 5) is 44.4. The molecule has 3 rings (SSSR count). The van der Waals surface area contributed by atoms with Gasteiger partial charge in [0.25, 0.3) is 5.91 Å². The molecule has 2 unspecified atom stereocenters. The van der Waals surface area contributed by atoms with Crippen LogP contribution in [0.3, 0.4) is 0 Å². The van der Waals surface area contributed by atoms with Gasteiger partial charge in [-0.05, 0) is 58.4 Å². The third-order valence-electron chi connectivity index (χ3n) is 6.57. The summed E-state index contributed by atoms with van der Waals surface area (Å²) < 4.78 is 24.5. The van der Waals surface area contributed by atoms with Crippen molar-refractivity contribution in [3.8, 4) is 5.75 Å². The van der Waals surface area contributed by atoms with Crippen LogP contribution in [0.15, 0.2) is 18.2 Å². The van der Waals surface area contributed by atoms with E-state index in [2.05, 4.69) is 0 Å². The molecule has 1 aliphatic rings. The topological polar surface area (TPSA) is 99.6 Å². The summed E-state index contributed by atoms with van der Waals surface area (Å²) in [7, 11) is 3.10. The number of nitrogens with zero attached hydrogens (tertiary/aromatic N) is 3. The van der Waals surface area contributed by atoms with Gasteiger partial charge in [0.05, 0.1) is 32.5 Å². The molecule has 0 aliphatic carbocycles. The monoisotopic (exact) mass is 535 g/mol. The molecule has 9 nitrogen and oxygen atoms in total. The summed E-state index contributed by atoms with van der Waals surface area (Å²) >= 11 is 1.10. The van der Waals surface area contributed by atoms with E-state index in [9.17, 15) is 23.9 Å². The molecule has 1 aromatic carbocycles. The molecule has 1 aromatic heterocycles. The molecule has 2 amide bonds.